The highest BCUT2D eigenvalue weighted by atomic mass is 35.5. The maximum Gasteiger partial charge on any atom is 0.347 e. The molecule has 6 heteroatoms. The minimum Gasteiger partial charge on any atom is -0.494 e. The van der Waals surface area contributed by atoms with Crippen molar-refractivity contribution in [2.24, 2.45) is 0 Å². The number of aromatic nitrogens is 2. The molecule has 3 aromatic carbocycles. The van der Waals surface area contributed by atoms with Gasteiger partial charge >= 0.3 is 5.63 Å². The van der Waals surface area contributed by atoms with E-state index in [9.17, 15) is 4.79 Å². The predicted octanol–water partition coefficient (Wildman–Crippen LogP) is 6.12. The second-order valence-electron chi connectivity index (χ2n) is 7.00. The second-order valence-corrected chi connectivity index (χ2v) is 7.44. The van der Waals surface area contributed by atoms with Crippen LogP contribution in [0.5, 0.6) is 5.75 Å². The third kappa shape index (κ3) is 3.64. The molecule has 0 saturated heterocycles. The zero-order chi connectivity index (χ0) is 21.4. The quantitative estimate of drug-likeness (QED) is 0.322. The summed E-state index contributed by atoms with van der Waals surface area (Å²) in [6, 6.07) is 22.3. The highest BCUT2D eigenvalue weighted by molar-refractivity contribution is 6.31. The second kappa shape index (κ2) is 7.85. The number of hydrogen-bond donors (Lipinski definition) is 0. The Morgan fingerprint density at radius 1 is 0.968 bits per heavy atom. The van der Waals surface area contributed by atoms with Crippen LogP contribution in [0.1, 0.15) is 6.92 Å². The van der Waals surface area contributed by atoms with E-state index in [0.717, 1.165) is 16.3 Å². The molecule has 5 nitrogen and oxygen atoms in total. The number of ether oxygens (including phenoxy) is 1. The SMILES string of the molecule is CCOc1ccc2cc(-c3nc(-c4ccccc4)c4cc(Cl)ccc4n3)c(=O)oc2c1. The van der Waals surface area contributed by atoms with Crippen LogP contribution in [0.15, 0.2) is 82.0 Å². The van der Waals surface area contributed by atoms with Crippen molar-refractivity contribution in [3.05, 3.63) is 88.2 Å². The molecule has 0 aliphatic carbocycles. The largest absolute Gasteiger partial charge is 0.494 e. The van der Waals surface area contributed by atoms with E-state index in [1.165, 1.54) is 0 Å². The van der Waals surface area contributed by atoms with E-state index in [0.29, 0.717) is 45.6 Å². The van der Waals surface area contributed by atoms with E-state index in [-0.39, 0.29) is 0 Å². The molecule has 31 heavy (non-hydrogen) atoms. The summed E-state index contributed by atoms with van der Waals surface area (Å²) in [5.41, 5.74) is 2.55. The lowest BCUT2D eigenvalue weighted by molar-refractivity contribution is 0.340. The van der Waals surface area contributed by atoms with Crippen molar-refractivity contribution in [1.29, 1.82) is 0 Å². The van der Waals surface area contributed by atoms with E-state index >= 15 is 0 Å². The molecule has 0 radical (unpaired) electrons. The Morgan fingerprint density at radius 3 is 2.61 bits per heavy atom. The minimum absolute atomic E-state index is 0.297. The smallest absolute Gasteiger partial charge is 0.347 e. The fourth-order valence-corrected chi connectivity index (χ4v) is 3.71. The van der Waals surface area contributed by atoms with Crippen molar-refractivity contribution in [1.82, 2.24) is 9.97 Å². The third-order valence-electron chi connectivity index (χ3n) is 4.96. The van der Waals surface area contributed by atoms with Crippen LogP contribution in [0, 0.1) is 0 Å². The van der Waals surface area contributed by atoms with Gasteiger partial charge in [-0.05, 0) is 43.3 Å². The standard InChI is InChI=1S/C25H17ClN2O3/c1-2-30-18-10-8-16-12-20(25(29)31-22(16)14-18)24-27-21-11-9-17(26)13-19(21)23(28-24)15-6-4-3-5-7-15/h3-14H,2H2,1H3. The topological polar surface area (TPSA) is 65.2 Å². The fraction of sp³-hybridized carbons (Fsp3) is 0.0800. The number of rotatable bonds is 4. The van der Waals surface area contributed by atoms with Gasteiger partial charge in [0.15, 0.2) is 5.82 Å². The molecular formula is C25H17ClN2O3. The molecule has 0 unspecified atom stereocenters. The molecule has 5 aromatic rings. The van der Waals surface area contributed by atoms with Crippen LogP contribution in [-0.4, -0.2) is 16.6 Å². The van der Waals surface area contributed by atoms with Crippen LogP contribution in [0.2, 0.25) is 5.02 Å². The summed E-state index contributed by atoms with van der Waals surface area (Å²) in [6.45, 7) is 2.43. The van der Waals surface area contributed by atoms with Gasteiger partial charge < -0.3 is 9.15 Å². The number of benzene rings is 3. The van der Waals surface area contributed by atoms with Gasteiger partial charge in [-0.2, -0.15) is 0 Å². The van der Waals surface area contributed by atoms with Crippen molar-refractivity contribution >= 4 is 33.5 Å². The van der Waals surface area contributed by atoms with Gasteiger partial charge in [-0.25, -0.2) is 14.8 Å². The molecule has 5 rings (SSSR count). The maximum atomic E-state index is 12.8. The molecule has 0 bridgehead atoms. The Hall–Kier alpha value is -3.70. The van der Waals surface area contributed by atoms with Gasteiger partial charge in [-0.1, -0.05) is 41.9 Å². The number of nitrogens with zero attached hydrogens (tertiary/aromatic N) is 2. The first-order chi connectivity index (χ1) is 15.1. The summed E-state index contributed by atoms with van der Waals surface area (Å²) in [6.07, 6.45) is 0. The van der Waals surface area contributed by atoms with Gasteiger partial charge in [0, 0.05) is 27.4 Å². The van der Waals surface area contributed by atoms with Crippen molar-refractivity contribution in [3.63, 3.8) is 0 Å². The predicted molar refractivity (Wildman–Crippen MR) is 123 cm³/mol. The van der Waals surface area contributed by atoms with Gasteiger partial charge in [-0.3, -0.25) is 0 Å². The first-order valence-electron chi connectivity index (χ1n) is 9.86. The van der Waals surface area contributed by atoms with Crippen LogP contribution < -0.4 is 10.4 Å². The maximum absolute atomic E-state index is 12.8. The van der Waals surface area contributed by atoms with E-state index in [1.54, 1.807) is 18.2 Å². The Bertz CT molecular complexity index is 1480. The van der Waals surface area contributed by atoms with Crippen LogP contribution in [0.3, 0.4) is 0 Å². The number of fused-ring (bicyclic) bond motifs is 2. The van der Waals surface area contributed by atoms with Crippen LogP contribution in [-0.2, 0) is 0 Å². The molecular weight excluding hydrogens is 412 g/mol. The average molecular weight is 429 g/mol. The fourth-order valence-electron chi connectivity index (χ4n) is 3.54. The summed E-state index contributed by atoms with van der Waals surface area (Å²) in [7, 11) is 0. The zero-order valence-corrected chi connectivity index (χ0v) is 17.4. The lowest BCUT2D eigenvalue weighted by Gasteiger charge is -2.10. The van der Waals surface area contributed by atoms with E-state index < -0.39 is 5.63 Å². The van der Waals surface area contributed by atoms with Crippen molar-refractivity contribution in [2.45, 2.75) is 6.92 Å². The lowest BCUT2D eigenvalue weighted by atomic mass is 10.1. The van der Waals surface area contributed by atoms with Gasteiger partial charge in [0.25, 0.3) is 0 Å². The lowest BCUT2D eigenvalue weighted by Crippen LogP contribution is -2.06. The van der Waals surface area contributed by atoms with Crippen molar-refractivity contribution in [2.75, 3.05) is 6.61 Å². The highest BCUT2D eigenvalue weighted by Crippen LogP contribution is 2.31. The Morgan fingerprint density at radius 2 is 1.81 bits per heavy atom. The van der Waals surface area contributed by atoms with E-state index in [4.69, 9.17) is 25.7 Å². The molecule has 0 aliphatic rings. The van der Waals surface area contributed by atoms with Gasteiger partial charge in [0.1, 0.15) is 16.9 Å². The Kier molecular flexibility index (Phi) is 4.88. The molecule has 0 saturated carbocycles. The van der Waals surface area contributed by atoms with E-state index in [1.807, 2.05) is 61.5 Å². The third-order valence-corrected chi connectivity index (χ3v) is 5.20. The minimum atomic E-state index is -0.506. The molecule has 0 N–H and O–H groups in total. The monoisotopic (exact) mass is 428 g/mol. The molecule has 0 aliphatic heterocycles. The molecule has 0 fully saturated rings. The van der Waals surface area contributed by atoms with Crippen LogP contribution in [0.4, 0.5) is 0 Å². The number of hydrogen-bond acceptors (Lipinski definition) is 5. The van der Waals surface area contributed by atoms with Crippen molar-refractivity contribution in [3.8, 4) is 28.4 Å². The first-order valence-corrected chi connectivity index (χ1v) is 10.2. The Labute approximate surface area is 182 Å². The molecule has 0 amide bonds. The molecule has 2 heterocycles. The normalized spacial score (nSPS) is 11.2. The summed E-state index contributed by atoms with van der Waals surface area (Å²) in [4.78, 5) is 22.2. The molecule has 0 atom stereocenters. The highest BCUT2D eigenvalue weighted by Gasteiger charge is 2.16. The van der Waals surface area contributed by atoms with Crippen molar-refractivity contribution < 1.29 is 9.15 Å². The summed E-state index contributed by atoms with van der Waals surface area (Å²) in [5, 5.41) is 2.17. The molecule has 152 valence electrons. The summed E-state index contributed by atoms with van der Waals surface area (Å²) in [5.74, 6) is 0.953. The number of halogens is 1. The first kappa shape index (κ1) is 19.3. The summed E-state index contributed by atoms with van der Waals surface area (Å²) >= 11 is 6.23. The van der Waals surface area contributed by atoms with Gasteiger partial charge in [0.05, 0.1) is 17.8 Å². The Balaban J connectivity index is 1.74. The van der Waals surface area contributed by atoms with Gasteiger partial charge in [0.2, 0.25) is 0 Å². The van der Waals surface area contributed by atoms with Gasteiger partial charge in [-0.15, -0.1) is 0 Å². The molecule has 2 aromatic heterocycles. The summed E-state index contributed by atoms with van der Waals surface area (Å²) < 4.78 is 11.1. The van der Waals surface area contributed by atoms with E-state index in [2.05, 4.69) is 4.98 Å². The van der Waals surface area contributed by atoms with Crippen LogP contribution in [0.25, 0.3) is 44.5 Å². The average Bonchev–Trinajstić information content (AvgIpc) is 2.79. The van der Waals surface area contributed by atoms with Crippen LogP contribution >= 0.6 is 11.6 Å². The zero-order valence-electron chi connectivity index (χ0n) is 16.6. The molecule has 0 spiro atoms.